The Hall–Kier alpha value is -2.30. The number of piperazine rings is 1. The lowest BCUT2D eigenvalue weighted by molar-refractivity contribution is 0.102. The minimum absolute atomic E-state index is 0.162. The molecule has 4 rings (SSSR count). The Balaban J connectivity index is 1.49. The number of amides is 1. The third-order valence-corrected chi connectivity index (χ3v) is 8.06. The molecule has 0 atom stereocenters. The molecule has 7 nitrogen and oxygen atoms in total. The van der Waals surface area contributed by atoms with Gasteiger partial charge >= 0.3 is 0 Å². The summed E-state index contributed by atoms with van der Waals surface area (Å²) < 4.78 is 27.4. The van der Waals surface area contributed by atoms with E-state index in [1.165, 1.54) is 21.7 Å². The molecule has 162 valence electrons. The first kappa shape index (κ1) is 21.9. The van der Waals surface area contributed by atoms with E-state index in [0.29, 0.717) is 41.9 Å². The van der Waals surface area contributed by atoms with Crippen LogP contribution in [0.15, 0.2) is 58.8 Å². The average molecular weight is 477 g/mol. The van der Waals surface area contributed by atoms with E-state index in [1.807, 2.05) is 19.2 Å². The third-order valence-electron chi connectivity index (χ3n) is 5.02. The summed E-state index contributed by atoms with van der Waals surface area (Å²) in [6.45, 7) is 2.27. The van der Waals surface area contributed by atoms with Crippen LogP contribution in [0.5, 0.6) is 0 Å². The standard InChI is InChI=1S/C21H21ClN4O3S2/c1-25-9-11-26(12-10-25)31(28,29)18-4-2-3-17(13-18)23-20(27)19-14-30-21(24-19)15-5-7-16(22)8-6-15/h2-8,13-14H,9-12H2,1H3,(H,23,27). The fraction of sp³-hybridized carbons (Fsp3) is 0.238. The SMILES string of the molecule is CN1CCN(S(=O)(=O)c2cccc(NC(=O)c3csc(-c4ccc(Cl)cc4)n3)c2)CC1. The van der Waals surface area contributed by atoms with E-state index in [0.717, 1.165) is 5.56 Å². The van der Waals surface area contributed by atoms with Gasteiger partial charge in [0, 0.05) is 47.8 Å². The van der Waals surface area contributed by atoms with Gasteiger partial charge in [-0.2, -0.15) is 4.31 Å². The van der Waals surface area contributed by atoms with Crippen LogP contribution in [-0.2, 0) is 10.0 Å². The number of hydrogen-bond donors (Lipinski definition) is 1. The molecule has 0 radical (unpaired) electrons. The Kier molecular flexibility index (Phi) is 6.40. The highest BCUT2D eigenvalue weighted by Crippen LogP contribution is 2.26. The third kappa shape index (κ3) is 4.97. The van der Waals surface area contributed by atoms with Gasteiger partial charge in [-0.15, -0.1) is 11.3 Å². The van der Waals surface area contributed by atoms with Crippen molar-refractivity contribution in [3.8, 4) is 10.6 Å². The lowest BCUT2D eigenvalue weighted by atomic mass is 10.2. The van der Waals surface area contributed by atoms with E-state index >= 15 is 0 Å². The Morgan fingerprint density at radius 1 is 1.10 bits per heavy atom. The van der Waals surface area contributed by atoms with Crippen molar-refractivity contribution in [1.29, 1.82) is 0 Å². The number of anilines is 1. The molecule has 2 heterocycles. The maximum absolute atomic E-state index is 13.0. The number of halogens is 1. The van der Waals surface area contributed by atoms with Gasteiger partial charge in [0.15, 0.2) is 0 Å². The van der Waals surface area contributed by atoms with Crippen LogP contribution in [0.4, 0.5) is 5.69 Å². The Morgan fingerprint density at radius 3 is 2.52 bits per heavy atom. The zero-order valence-corrected chi connectivity index (χ0v) is 19.2. The number of likely N-dealkylation sites (N-methyl/N-ethyl adjacent to an activating group) is 1. The average Bonchev–Trinajstić information content (AvgIpc) is 3.25. The Labute approximate surface area is 190 Å². The minimum Gasteiger partial charge on any atom is -0.321 e. The van der Waals surface area contributed by atoms with E-state index < -0.39 is 15.9 Å². The summed E-state index contributed by atoms with van der Waals surface area (Å²) in [5.41, 5.74) is 1.54. The summed E-state index contributed by atoms with van der Waals surface area (Å²) in [6.07, 6.45) is 0. The highest BCUT2D eigenvalue weighted by atomic mass is 35.5. The van der Waals surface area contributed by atoms with Gasteiger partial charge in [-0.3, -0.25) is 4.79 Å². The molecule has 0 unspecified atom stereocenters. The van der Waals surface area contributed by atoms with Gasteiger partial charge in [0.05, 0.1) is 4.90 Å². The van der Waals surface area contributed by atoms with Gasteiger partial charge in [-0.25, -0.2) is 13.4 Å². The molecule has 0 spiro atoms. The fourth-order valence-electron chi connectivity index (χ4n) is 3.21. The minimum atomic E-state index is -3.61. The summed E-state index contributed by atoms with van der Waals surface area (Å²) in [5.74, 6) is -0.398. The zero-order valence-electron chi connectivity index (χ0n) is 16.8. The second-order valence-corrected chi connectivity index (χ2v) is 10.5. The summed E-state index contributed by atoms with van der Waals surface area (Å²) in [6, 6.07) is 13.5. The lowest BCUT2D eigenvalue weighted by Gasteiger charge is -2.31. The van der Waals surface area contributed by atoms with Gasteiger partial charge in [0.2, 0.25) is 10.0 Å². The molecule has 1 aliphatic heterocycles. The fourth-order valence-corrected chi connectivity index (χ4v) is 5.61. The number of nitrogens with zero attached hydrogens (tertiary/aromatic N) is 3. The van der Waals surface area contributed by atoms with Gasteiger partial charge < -0.3 is 10.2 Å². The van der Waals surface area contributed by atoms with Crippen molar-refractivity contribution in [3.63, 3.8) is 0 Å². The highest BCUT2D eigenvalue weighted by Gasteiger charge is 2.27. The molecule has 1 fully saturated rings. The molecule has 1 aliphatic rings. The first-order valence-corrected chi connectivity index (χ1v) is 12.3. The second-order valence-electron chi connectivity index (χ2n) is 7.23. The predicted octanol–water partition coefficient (Wildman–Crippen LogP) is 3.65. The first-order valence-electron chi connectivity index (χ1n) is 9.64. The van der Waals surface area contributed by atoms with E-state index in [2.05, 4.69) is 15.2 Å². The summed E-state index contributed by atoms with van der Waals surface area (Å²) in [7, 11) is -1.64. The van der Waals surface area contributed by atoms with Crippen molar-refractivity contribution < 1.29 is 13.2 Å². The highest BCUT2D eigenvalue weighted by molar-refractivity contribution is 7.89. The van der Waals surface area contributed by atoms with Crippen LogP contribution in [0.3, 0.4) is 0 Å². The van der Waals surface area contributed by atoms with Crippen LogP contribution in [-0.4, -0.2) is 61.7 Å². The lowest BCUT2D eigenvalue weighted by Crippen LogP contribution is -2.47. The zero-order chi connectivity index (χ0) is 22.0. The van der Waals surface area contributed by atoms with Crippen LogP contribution < -0.4 is 5.32 Å². The number of thiazole rings is 1. The number of carbonyl (C=O) groups is 1. The smallest absolute Gasteiger partial charge is 0.275 e. The molecule has 3 aromatic rings. The molecule has 10 heteroatoms. The molecule has 1 amide bonds. The van der Waals surface area contributed by atoms with Gasteiger partial charge in [0.25, 0.3) is 5.91 Å². The number of rotatable bonds is 5. The van der Waals surface area contributed by atoms with Crippen molar-refractivity contribution in [2.24, 2.45) is 0 Å². The number of sulfonamides is 1. The molecule has 2 aromatic carbocycles. The number of nitrogens with one attached hydrogen (secondary N) is 1. The first-order chi connectivity index (χ1) is 14.8. The Bertz CT molecular complexity index is 1190. The van der Waals surface area contributed by atoms with Gasteiger partial charge in [-0.1, -0.05) is 29.8 Å². The molecule has 1 N–H and O–H groups in total. The van der Waals surface area contributed by atoms with Crippen molar-refractivity contribution in [1.82, 2.24) is 14.2 Å². The molecule has 31 heavy (non-hydrogen) atoms. The van der Waals surface area contributed by atoms with Crippen LogP contribution in [0, 0.1) is 0 Å². The summed E-state index contributed by atoms with van der Waals surface area (Å²) >= 11 is 7.27. The number of carbonyl (C=O) groups excluding carboxylic acids is 1. The number of aromatic nitrogens is 1. The molecule has 0 saturated carbocycles. The summed E-state index contributed by atoms with van der Waals surface area (Å²) in [5, 5.41) is 5.75. The topological polar surface area (TPSA) is 82.6 Å². The van der Waals surface area contributed by atoms with Crippen molar-refractivity contribution >= 4 is 44.6 Å². The molecule has 0 bridgehead atoms. The van der Waals surface area contributed by atoms with Crippen LogP contribution in [0.1, 0.15) is 10.5 Å². The van der Waals surface area contributed by atoms with E-state index in [4.69, 9.17) is 11.6 Å². The summed E-state index contributed by atoms with van der Waals surface area (Å²) in [4.78, 5) is 19.3. The van der Waals surface area contributed by atoms with E-state index in [1.54, 1.807) is 35.7 Å². The van der Waals surface area contributed by atoms with Crippen molar-refractivity contribution in [3.05, 3.63) is 64.6 Å². The Morgan fingerprint density at radius 2 is 1.81 bits per heavy atom. The molecule has 1 saturated heterocycles. The quantitative estimate of drug-likeness (QED) is 0.607. The van der Waals surface area contributed by atoms with Crippen LogP contribution in [0.2, 0.25) is 5.02 Å². The van der Waals surface area contributed by atoms with Gasteiger partial charge in [0.1, 0.15) is 10.7 Å². The largest absolute Gasteiger partial charge is 0.321 e. The molecular weight excluding hydrogens is 456 g/mol. The maximum atomic E-state index is 13.0. The van der Waals surface area contributed by atoms with Crippen LogP contribution >= 0.6 is 22.9 Å². The van der Waals surface area contributed by atoms with Crippen molar-refractivity contribution in [2.75, 3.05) is 38.5 Å². The maximum Gasteiger partial charge on any atom is 0.275 e. The molecular formula is C21H21ClN4O3S2. The van der Waals surface area contributed by atoms with E-state index in [9.17, 15) is 13.2 Å². The number of benzene rings is 2. The van der Waals surface area contributed by atoms with Gasteiger partial charge in [-0.05, 0) is 37.4 Å². The van der Waals surface area contributed by atoms with Crippen LogP contribution in [0.25, 0.3) is 10.6 Å². The van der Waals surface area contributed by atoms with E-state index in [-0.39, 0.29) is 10.6 Å². The van der Waals surface area contributed by atoms with Crippen molar-refractivity contribution in [2.45, 2.75) is 4.90 Å². The molecule has 0 aliphatic carbocycles. The normalized spacial score (nSPS) is 15.7. The number of hydrogen-bond acceptors (Lipinski definition) is 6. The second kappa shape index (κ2) is 9.05. The molecule has 1 aromatic heterocycles. The monoisotopic (exact) mass is 476 g/mol. The predicted molar refractivity (Wildman–Crippen MR) is 123 cm³/mol.